The molecule has 0 fully saturated rings. The van der Waals surface area contributed by atoms with Gasteiger partial charge in [0.05, 0.1) is 0 Å². The maximum Gasteiger partial charge on any atom is 0.164 e. The van der Waals surface area contributed by atoms with E-state index < -0.39 is 0 Å². The van der Waals surface area contributed by atoms with Crippen LogP contribution in [0, 0.1) is 0 Å². The average Bonchev–Trinajstić information content (AvgIpc) is 3.92. The fourth-order valence-electron chi connectivity index (χ4n) is 9.31. The van der Waals surface area contributed by atoms with E-state index in [1.165, 1.54) is 11.1 Å². The molecular weight excluding hydrogens is 759 g/mol. The van der Waals surface area contributed by atoms with Crippen molar-refractivity contribution in [1.29, 1.82) is 0 Å². The normalized spacial score (nSPS) is 11.9. The zero-order valence-corrected chi connectivity index (χ0v) is 33.2. The number of rotatable bonds is 5. The molecular formula is C57H33N3O2. The van der Waals surface area contributed by atoms with Crippen LogP contribution in [0.15, 0.2) is 209 Å². The van der Waals surface area contributed by atoms with Gasteiger partial charge in [-0.3, -0.25) is 0 Å². The third-order valence-electron chi connectivity index (χ3n) is 12.3. The van der Waals surface area contributed by atoms with Crippen LogP contribution in [0.5, 0.6) is 0 Å². The summed E-state index contributed by atoms with van der Waals surface area (Å²) in [5.74, 6) is 1.83. The van der Waals surface area contributed by atoms with E-state index in [9.17, 15) is 0 Å². The van der Waals surface area contributed by atoms with Gasteiger partial charge in [-0.2, -0.15) is 0 Å². The number of furan rings is 2. The fourth-order valence-corrected chi connectivity index (χ4v) is 9.31. The number of nitrogens with zero attached hydrogens (tertiary/aromatic N) is 3. The van der Waals surface area contributed by atoms with Crippen LogP contribution in [0.25, 0.3) is 133 Å². The van der Waals surface area contributed by atoms with Crippen LogP contribution in [-0.4, -0.2) is 15.0 Å². The third-order valence-corrected chi connectivity index (χ3v) is 12.3. The lowest BCUT2D eigenvalue weighted by atomic mass is 9.94. The molecule has 0 spiro atoms. The van der Waals surface area contributed by atoms with E-state index in [0.29, 0.717) is 17.5 Å². The minimum Gasteiger partial charge on any atom is -0.456 e. The molecule has 0 aliphatic rings. The van der Waals surface area contributed by atoms with E-state index in [2.05, 4.69) is 164 Å². The summed E-state index contributed by atoms with van der Waals surface area (Å²) in [6, 6.07) is 70.0. The predicted octanol–water partition coefficient (Wildman–Crippen LogP) is 15.5. The molecule has 5 nitrogen and oxygen atoms in total. The highest BCUT2D eigenvalue weighted by molar-refractivity contribution is 6.19. The molecule has 0 N–H and O–H groups in total. The van der Waals surface area contributed by atoms with Gasteiger partial charge in [-0.05, 0) is 103 Å². The Labute approximate surface area is 355 Å². The first-order chi connectivity index (χ1) is 30.7. The van der Waals surface area contributed by atoms with Gasteiger partial charge in [0.15, 0.2) is 17.5 Å². The van der Waals surface area contributed by atoms with Crippen LogP contribution < -0.4 is 0 Å². The van der Waals surface area contributed by atoms with E-state index in [-0.39, 0.29) is 0 Å². The second kappa shape index (κ2) is 13.6. The maximum absolute atomic E-state index is 6.28. The largest absolute Gasteiger partial charge is 0.456 e. The van der Waals surface area contributed by atoms with Crippen LogP contribution >= 0.6 is 0 Å². The average molecular weight is 792 g/mol. The SMILES string of the molecule is c1ccc(-c2ccc3cc(-c4nc(-c5ccc6c(-c7cccc8oc9ccccc9c78)cccc6c5)nc(-c5ccc6c(ccc7oc8ccccc8c76)c5)n4)ccc3c2)cc1. The highest BCUT2D eigenvalue weighted by Gasteiger charge is 2.18. The molecule has 0 atom stereocenters. The van der Waals surface area contributed by atoms with Gasteiger partial charge >= 0.3 is 0 Å². The Balaban J connectivity index is 0.969. The van der Waals surface area contributed by atoms with Crippen LogP contribution in [0.4, 0.5) is 0 Å². The van der Waals surface area contributed by atoms with Gasteiger partial charge in [0.25, 0.3) is 0 Å². The molecule has 0 unspecified atom stereocenters. The lowest BCUT2D eigenvalue weighted by Gasteiger charge is -2.12. The number of aromatic nitrogens is 3. The summed E-state index contributed by atoms with van der Waals surface area (Å²) in [5.41, 5.74) is 10.9. The smallest absolute Gasteiger partial charge is 0.164 e. The van der Waals surface area contributed by atoms with Crippen LogP contribution in [0.2, 0.25) is 0 Å². The molecule has 0 radical (unpaired) electrons. The van der Waals surface area contributed by atoms with E-state index in [1.807, 2.05) is 36.4 Å². The first-order valence-electron chi connectivity index (χ1n) is 20.8. The number of para-hydroxylation sites is 2. The molecule has 13 rings (SSSR count). The molecule has 13 aromatic rings. The molecule has 0 bridgehead atoms. The van der Waals surface area contributed by atoms with Gasteiger partial charge < -0.3 is 8.83 Å². The van der Waals surface area contributed by atoms with Crippen molar-refractivity contribution in [3.63, 3.8) is 0 Å². The predicted molar refractivity (Wildman–Crippen MR) is 254 cm³/mol. The van der Waals surface area contributed by atoms with Crippen molar-refractivity contribution >= 4 is 76.2 Å². The summed E-state index contributed by atoms with van der Waals surface area (Å²) >= 11 is 0. The van der Waals surface area contributed by atoms with E-state index in [0.717, 1.165) is 104 Å². The molecule has 62 heavy (non-hydrogen) atoms. The molecule has 3 aromatic heterocycles. The zero-order valence-electron chi connectivity index (χ0n) is 33.2. The molecule has 0 aliphatic carbocycles. The van der Waals surface area contributed by atoms with Crippen LogP contribution in [0.3, 0.4) is 0 Å². The van der Waals surface area contributed by atoms with Gasteiger partial charge in [-0.1, -0.05) is 152 Å². The monoisotopic (exact) mass is 791 g/mol. The van der Waals surface area contributed by atoms with Gasteiger partial charge in [-0.15, -0.1) is 0 Å². The highest BCUT2D eigenvalue weighted by atomic mass is 16.3. The van der Waals surface area contributed by atoms with Crippen molar-refractivity contribution in [2.75, 3.05) is 0 Å². The quantitative estimate of drug-likeness (QED) is 0.174. The maximum atomic E-state index is 6.28. The van der Waals surface area contributed by atoms with Crippen molar-refractivity contribution in [2.24, 2.45) is 0 Å². The number of fused-ring (bicyclic) bond motifs is 10. The zero-order chi connectivity index (χ0) is 40.7. The lowest BCUT2D eigenvalue weighted by Crippen LogP contribution is -2.00. The van der Waals surface area contributed by atoms with Crippen molar-refractivity contribution < 1.29 is 8.83 Å². The Morgan fingerprint density at radius 2 is 0.742 bits per heavy atom. The molecule has 0 aliphatic heterocycles. The van der Waals surface area contributed by atoms with Crippen molar-refractivity contribution in [2.45, 2.75) is 0 Å². The molecule has 10 aromatic carbocycles. The van der Waals surface area contributed by atoms with Gasteiger partial charge in [0, 0.05) is 38.2 Å². The summed E-state index contributed by atoms with van der Waals surface area (Å²) in [6.07, 6.45) is 0. The summed E-state index contributed by atoms with van der Waals surface area (Å²) in [5, 5.41) is 11.2. The van der Waals surface area contributed by atoms with E-state index >= 15 is 0 Å². The number of hydrogen-bond acceptors (Lipinski definition) is 5. The van der Waals surface area contributed by atoms with Crippen molar-refractivity contribution in [1.82, 2.24) is 15.0 Å². The summed E-state index contributed by atoms with van der Waals surface area (Å²) in [6.45, 7) is 0. The molecule has 288 valence electrons. The van der Waals surface area contributed by atoms with Crippen molar-refractivity contribution in [3.8, 4) is 56.4 Å². The molecule has 0 saturated carbocycles. The minimum atomic E-state index is 0.607. The first-order valence-corrected chi connectivity index (χ1v) is 20.8. The Morgan fingerprint density at radius 3 is 1.45 bits per heavy atom. The second-order valence-electron chi connectivity index (χ2n) is 15.9. The van der Waals surface area contributed by atoms with E-state index in [1.54, 1.807) is 0 Å². The minimum absolute atomic E-state index is 0.607. The van der Waals surface area contributed by atoms with Gasteiger partial charge in [0.1, 0.15) is 22.3 Å². The number of benzene rings is 10. The summed E-state index contributed by atoms with van der Waals surface area (Å²) in [7, 11) is 0. The molecule has 0 saturated heterocycles. The fraction of sp³-hybridized carbons (Fsp3) is 0. The van der Waals surface area contributed by atoms with Gasteiger partial charge in [-0.25, -0.2) is 15.0 Å². The Hall–Kier alpha value is -8.41. The molecule has 3 heterocycles. The third kappa shape index (κ3) is 5.52. The second-order valence-corrected chi connectivity index (χ2v) is 15.9. The molecule has 5 heteroatoms. The van der Waals surface area contributed by atoms with Crippen molar-refractivity contribution in [3.05, 3.63) is 200 Å². The Bertz CT molecular complexity index is 3940. The van der Waals surface area contributed by atoms with Crippen LogP contribution in [0.1, 0.15) is 0 Å². The summed E-state index contributed by atoms with van der Waals surface area (Å²) < 4.78 is 12.5. The Kier molecular flexibility index (Phi) is 7.54. The Morgan fingerprint density at radius 1 is 0.258 bits per heavy atom. The lowest BCUT2D eigenvalue weighted by molar-refractivity contribution is 0.668. The van der Waals surface area contributed by atoms with Gasteiger partial charge in [0.2, 0.25) is 0 Å². The standard InChI is InChI=1S/C57H33N3O2/c1-2-10-34(11-3-1)35-20-21-37-31-40(23-22-36(37)30-35)55-58-56(60-57(59-55)42-25-28-44-39(33-42)26-29-52-53(44)47-13-4-6-17-49(47)62-52)41-24-27-43-38(32-41)12-8-15-45(43)46-16-9-19-51-54(46)48-14-5-7-18-50(48)61-51/h1-33H. The van der Waals surface area contributed by atoms with E-state index in [4.69, 9.17) is 23.8 Å². The molecule has 0 amide bonds. The summed E-state index contributed by atoms with van der Waals surface area (Å²) in [4.78, 5) is 15.6. The number of hydrogen-bond donors (Lipinski definition) is 0. The highest BCUT2D eigenvalue weighted by Crippen LogP contribution is 2.41. The van der Waals surface area contributed by atoms with Crippen LogP contribution in [-0.2, 0) is 0 Å². The topological polar surface area (TPSA) is 65.0 Å². The first kappa shape index (κ1) is 34.5.